The van der Waals surface area contributed by atoms with Crippen LogP contribution in [0, 0.1) is 12.2 Å². The average Bonchev–Trinajstić information content (AvgIpc) is 3.39. The van der Waals surface area contributed by atoms with E-state index in [0.717, 1.165) is 21.8 Å². The maximum Gasteiger partial charge on any atom is 2.00 e. The van der Waals surface area contributed by atoms with E-state index in [1.54, 1.807) is 48.5 Å². The summed E-state index contributed by atoms with van der Waals surface area (Å²) in [5.41, 5.74) is 0. The van der Waals surface area contributed by atoms with Crippen molar-refractivity contribution in [3.63, 3.8) is 0 Å². The van der Waals surface area contributed by atoms with Gasteiger partial charge in [-0.2, -0.15) is 12.2 Å². The number of phenols is 2. The zero-order valence-electron chi connectivity index (χ0n) is 14.6. The van der Waals surface area contributed by atoms with Crippen LogP contribution in [0.4, 0.5) is 0 Å². The zero-order valence-corrected chi connectivity index (χ0v) is 20.3. The number of hydrogen-bond acceptors (Lipinski definition) is 2. The molecule has 27 heavy (non-hydrogen) atoms. The van der Waals surface area contributed by atoms with Crippen molar-refractivity contribution in [2.45, 2.75) is 12.8 Å². The minimum Gasteiger partial charge on any atom is -0.508 e. The van der Waals surface area contributed by atoms with Crippen LogP contribution >= 0.6 is 31.9 Å². The third kappa shape index (κ3) is 15.6. The van der Waals surface area contributed by atoms with Gasteiger partial charge in [-0.05, 0) is 48.5 Å². The molecule has 138 valence electrons. The van der Waals surface area contributed by atoms with Gasteiger partial charge in [-0.15, -0.1) is 12.8 Å². The summed E-state index contributed by atoms with van der Waals surface area (Å²) in [6.07, 6.45) is 20.0. The molecule has 2 aromatic carbocycles. The molecular formula is C22H20Br2O2Zr. The summed E-state index contributed by atoms with van der Waals surface area (Å²) in [5, 5.41) is 17.5. The standard InChI is InChI=1S/2C6H5BrO.2C5H5.Zr/c2*7-5-1-3-6(8)4-2-5;2*1-2-4-5-3-1;/h2*1-4,8H;2*1-3H,4H2;/q;;2*-1;+2. The molecule has 0 unspecified atom stereocenters. The van der Waals surface area contributed by atoms with Crippen molar-refractivity contribution < 1.29 is 36.4 Å². The summed E-state index contributed by atoms with van der Waals surface area (Å²) in [5.74, 6) is 0.599. The molecule has 0 saturated carbocycles. The van der Waals surface area contributed by atoms with E-state index >= 15 is 0 Å². The molecule has 0 amide bonds. The van der Waals surface area contributed by atoms with E-state index in [1.807, 2.05) is 24.3 Å². The fourth-order valence-electron chi connectivity index (χ4n) is 1.56. The number of phenolic OH excluding ortho intramolecular Hbond substituents is 2. The van der Waals surface area contributed by atoms with Crippen LogP contribution in [0.3, 0.4) is 0 Å². The molecule has 0 heterocycles. The second-order valence-corrected chi connectivity index (χ2v) is 6.79. The number of rotatable bonds is 0. The van der Waals surface area contributed by atoms with E-state index in [-0.39, 0.29) is 26.2 Å². The first-order valence-corrected chi connectivity index (χ1v) is 9.49. The number of halogens is 2. The van der Waals surface area contributed by atoms with Crippen LogP contribution in [0.15, 0.2) is 93.9 Å². The topological polar surface area (TPSA) is 40.5 Å². The Hall–Kier alpha value is -1.16. The van der Waals surface area contributed by atoms with Crippen LogP contribution < -0.4 is 0 Å². The third-order valence-corrected chi connectivity index (χ3v) is 3.88. The molecule has 5 heteroatoms. The van der Waals surface area contributed by atoms with Gasteiger partial charge < -0.3 is 10.2 Å². The first kappa shape index (κ1) is 25.8. The molecule has 2 aliphatic carbocycles. The van der Waals surface area contributed by atoms with Gasteiger partial charge in [-0.1, -0.05) is 31.9 Å². The molecule has 0 spiro atoms. The van der Waals surface area contributed by atoms with Crippen LogP contribution in [0.25, 0.3) is 0 Å². The van der Waals surface area contributed by atoms with E-state index < -0.39 is 0 Å². The van der Waals surface area contributed by atoms with Gasteiger partial charge in [-0.25, -0.2) is 24.3 Å². The first-order valence-electron chi connectivity index (χ1n) is 7.90. The molecule has 2 N–H and O–H groups in total. The number of benzene rings is 2. The van der Waals surface area contributed by atoms with Crippen LogP contribution in [0.5, 0.6) is 11.5 Å². The Morgan fingerprint density at radius 2 is 0.963 bits per heavy atom. The summed E-state index contributed by atoms with van der Waals surface area (Å²) in [7, 11) is 0. The molecule has 4 rings (SSSR count). The monoisotopic (exact) mass is 564 g/mol. The van der Waals surface area contributed by atoms with Crippen LogP contribution in [-0.4, -0.2) is 10.2 Å². The largest absolute Gasteiger partial charge is 2.00 e. The van der Waals surface area contributed by atoms with Crippen molar-refractivity contribution >= 4 is 31.9 Å². The fourth-order valence-corrected chi connectivity index (χ4v) is 2.09. The van der Waals surface area contributed by atoms with Gasteiger partial charge in [0.15, 0.2) is 0 Å². The quantitative estimate of drug-likeness (QED) is 0.340. The molecule has 2 aromatic rings. The van der Waals surface area contributed by atoms with Gasteiger partial charge in [0, 0.05) is 8.95 Å². The van der Waals surface area contributed by atoms with Gasteiger partial charge in [-0.3, -0.25) is 12.2 Å². The second kappa shape index (κ2) is 17.0. The Morgan fingerprint density at radius 3 is 1.11 bits per heavy atom. The Labute approximate surface area is 197 Å². The normalized spacial score (nSPS) is 11.9. The molecule has 2 nitrogen and oxygen atoms in total. The van der Waals surface area contributed by atoms with Crippen LogP contribution in [-0.2, 0) is 26.2 Å². The summed E-state index contributed by atoms with van der Waals surface area (Å²) in [4.78, 5) is 0. The Kier molecular flexibility index (Phi) is 16.2. The number of aromatic hydroxyl groups is 2. The van der Waals surface area contributed by atoms with Gasteiger partial charge >= 0.3 is 26.2 Å². The Bertz CT molecular complexity index is 606. The maximum atomic E-state index is 8.74. The second-order valence-electron chi connectivity index (χ2n) is 4.96. The van der Waals surface area contributed by atoms with Crippen LogP contribution in [0.2, 0.25) is 0 Å². The van der Waals surface area contributed by atoms with Crippen molar-refractivity contribution in [1.82, 2.24) is 0 Å². The smallest absolute Gasteiger partial charge is 0.508 e. The van der Waals surface area contributed by atoms with Crippen molar-refractivity contribution in [1.29, 1.82) is 0 Å². The van der Waals surface area contributed by atoms with Gasteiger partial charge in [0.05, 0.1) is 0 Å². The van der Waals surface area contributed by atoms with E-state index in [2.05, 4.69) is 56.2 Å². The van der Waals surface area contributed by atoms with Crippen LogP contribution in [0.1, 0.15) is 12.8 Å². The van der Waals surface area contributed by atoms with E-state index in [4.69, 9.17) is 10.2 Å². The minimum atomic E-state index is 0. The summed E-state index contributed by atoms with van der Waals surface area (Å²) in [6.45, 7) is 0. The minimum absolute atomic E-state index is 0. The fraction of sp³-hybridized carbons (Fsp3) is 0.0909. The molecule has 2 aliphatic rings. The van der Waals surface area contributed by atoms with Gasteiger partial charge in [0.2, 0.25) is 0 Å². The summed E-state index contributed by atoms with van der Waals surface area (Å²) in [6, 6.07) is 13.7. The van der Waals surface area contributed by atoms with E-state index in [1.165, 1.54) is 0 Å². The molecule has 0 saturated heterocycles. The third-order valence-electron chi connectivity index (χ3n) is 2.82. The van der Waals surface area contributed by atoms with Gasteiger partial charge in [0.1, 0.15) is 11.5 Å². The Balaban J connectivity index is 0.000000337. The molecule has 0 atom stereocenters. The summed E-state index contributed by atoms with van der Waals surface area (Å²) < 4.78 is 1.96. The molecule has 0 radical (unpaired) electrons. The maximum absolute atomic E-state index is 8.74. The molecule has 0 fully saturated rings. The van der Waals surface area contributed by atoms with Gasteiger partial charge in [0.25, 0.3) is 0 Å². The van der Waals surface area contributed by atoms with Crippen molar-refractivity contribution in [2.75, 3.05) is 0 Å². The molecule has 0 aliphatic heterocycles. The predicted molar refractivity (Wildman–Crippen MR) is 115 cm³/mol. The molecule has 0 aromatic heterocycles. The van der Waals surface area contributed by atoms with E-state index in [9.17, 15) is 0 Å². The predicted octanol–water partition coefficient (Wildman–Crippen LogP) is 6.92. The van der Waals surface area contributed by atoms with Crippen molar-refractivity contribution in [3.05, 3.63) is 106 Å². The number of hydrogen-bond donors (Lipinski definition) is 2. The number of allylic oxidation sites excluding steroid dienone is 8. The first-order chi connectivity index (χ1) is 12.6. The van der Waals surface area contributed by atoms with E-state index in [0.29, 0.717) is 11.5 Å². The average molecular weight is 567 g/mol. The SMILES string of the molecule is Oc1ccc(Br)cc1.Oc1ccc(Br)cc1.[C-]1=CC=CC1.[C-]1=CC=CC1.[Zr+2]. The zero-order chi connectivity index (χ0) is 19.0. The Morgan fingerprint density at radius 1 is 0.630 bits per heavy atom. The molecular weight excluding hydrogens is 547 g/mol. The summed E-state index contributed by atoms with van der Waals surface area (Å²) >= 11 is 6.47. The molecule has 0 bridgehead atoms. The van der Waals surface area contributed by atoms with Crippen molar-refractivity contribution in [2.24, 2.45) is 0 Å². The van der Waals surface area contributed by atoms with Crippen molar-refractivity contribution in [3.8, 4) is 11.5 Å².